The van der Waals surface area contributed by atoms with Crippen LogP contribution in [0.15, 0.2) is 103 Å². The molecule has 2 saturated carbocycles. The summed E-state index contributed by atoms with van der Waals surface area (Å²) in [6.45, 7) is 8.30. The maximum Gasteiger partial charge on any atom is 0.174 e. The summed E-state index contributed by atoms with van der Waals surface area (Å²) in [6, 6.07) is 8.75. The van der Waals surface area contributed by atoms with Crippen molar-refractivity contribution < 1.29 is 9.59 Å². The van der Waals surface area contributed by atoms with Gasteiger partial charge in [-0.25, -0.2) is 0 Å². The van der Waals surface area contributed by atoms with Crippen LogP contribution in [0.1, 0.15) is 39.9 Å². The molecule has 1 spiro atoms. The first-order valence-electron chi connectivity index (χ1n) is 15.0. The number of carbonyl (C=O) groups is 2. The topological polar surface area (TPSA) is 34.1 Å². The Labute approximate surface area is 237 Å². The van der Waals surface area contributed by atoms with E-state index in [0.29, 0.717) is 17.4 Å². The van der Waals surface area contributed by atoms with Gasteiger partial charge in [0, 0.05) is 27.4 Å². The first-order chi connectivity index (χ1) is 20.1. The van der Waals surface area contributed by atoms with Gasteiger partial charge in [-0.2, -0.15) is 0 Å². The van der Waals surface area contributed by atoms with Crippen LogP contribution in [-0.4, -0.2) is 11.6 Å². The fourth-order valence-electron chi connectivity index (χ4n) is 10.8. The second-order valence-corrected chi connectivity index (χ2v) is 13.5. The minimum Gasteiger partial charge on any atom is -0.293 e. The maximum absolute atomic E-state index is 14.1. The number of fused-ring (bicyclic) bond motifs is 4. The molecule has 2 fully saturated rings. The van der Waals surface area contributed by atoms with Crippen LogP contribution in [0.2, 0.25) is 0 Å². The molecule has 6 atom stereocenters. The van der Waals surface area contributed by atoms with Crippen molar-refractivity contribution in [3.05, 3.63) is 130 Å². The van der Waals surface area contributed by atoms with Gasteiger partial charge in [-0.05, 0) is 91.5 Å². The number of hydrogen-bond acceptors (Lipinski definition) is 2. The molecule has 0 amide bonds. The van der Waals surface area contributed by atoms with Crippen LogP contribution in [0.4, 0.5) is 0 Å². The summed E-state index contributed by atoms with van der Waals surface area (Å²) in [5.41, 5.74) is 10.2. The van der Waals surface area contributed by atoms with Crippen LogP contribution >= 0.6 is 0 Å². The lowest BCUT2D eigenvalue weighted by Gasteiger charge is -2.44. The van der Waals surface area contributed by atoms with Gasteiger partial charge in [-0.3, -0.25) is 9.59 Å². The van der Waals surface area contributed by atoms with Gasteiger partial charge >= 0.3 is 0 Å². The van der Waals surface area contributed by atoms with Crippen LogP contribution in [0.3, 0.4) is 0 Å². The van der Waals surface area contributed by atoms with E-state index in [1.807, 2.05) is 12.2 Å². The third kappa shape index (κ3) is 1.96. The Morgan fingerprint density at radius 1 is 0.854 bits per heavy atom. The molecule has 2 heteroatoms. The van der Waals surface area contributed by atoms with Gasteiger partial charge in [0.25, 0.3) is 0 Å². The summed E-state index contributed by atoms with van der Waals surface area (Å²) < 4.78 is 0. The molecule has 0 N–H and O–H groups in total. The van der Waals surface area contributed by atoms with Gasteiger partial charge in [0.15, 0.2) is 11.6 Å². The van der Waals surface area contributed by atoms with E-state index in [4.69, 9.17) is 0 Å². The first kappa shape index (κ1) is 21.4. The van der Waals surface area contributed by atoms with Crippen LogP contribution in [0.5, 0.6) is 0 Å². The molecule has 8 aliphatic rings. The van der Waals surface area contributed by atoms with E-state index in [-0.39, 0.29) is 34.2 Å². The zero-order valence-electron chi connectivity index (χ0n) is 22.6. The Balaban J connectivity index is 1.45. The molecule has 41 heavy (non-hydrogen) atoms. The van der Waals surface area contributed by atoms with Crippen molar-refractivity contribution in [3.63, 3.8) is 0 Å². The fourth-order valence-corrected chi connectivity index (χ4v) is 10.8. The van der Waals surface area contributed by atoms with Crippen molar-refractivity contribution in [2.24, 2.45) is 29.1 Å². The van der Waals surface area contributed by atoms with Crippen molar-refractivity contribution in [3.8, 4) is 0 Å². The van der Waals surface area contributed by atoms with Gasteiger partial charge in [-0.1, -0.05) is 86.0 Å². The van der Waals surface area contributed by atoms with E-state index in [9.17, 15) is 9.59 Å². The van der Waals surface area contributed by atoms with Crippen molar-refractivity contribution in [1.29, 1.82) is 0 Å². The highest BCUT2D eigenvalue weighted by atomic mass is 16.1. The van der Waals surface area contributed by atoms with E-state index in [1.54, 1.807) is 6.08 Å². The molecule has 0 radical (unpaired) electrons. The molecule has 194 valence electrons. The summed E-state index contributed by atoms with van der Waals surface area (Å²) in [6.07, 6.45) is 20.2. The smallest absolute Gasteiger partial charge is 0.174 e. The summed E-state index contributed by atoms with van der Waals surface area (Å²) in [5, 5.41) is 6.23. The van der Waals surface area contributed by atoms with Crippen molar-refractivity contribution >= 4 is 44.3 Å². The van der Waals surface area contributed by atoms with Crippen LogP contribution in [0, 0.1) is 29.1 Å². The van der Waals surface area contributed by atoms with E-state index in [1.165, 1.54) is 61.2 Å². The van der Waals surface area contributed by atoms with Crippen LogP contribution in [-0.2, 0) is 16.6 Å². The molecule has 0 heterocycles. The van der Waals surface area contributed by atoms with E-state index < -0.39 is 0 Å². The van der Waals surface area contributed by atoms with E-state index >= 15 is 0 Å². The van der Waals surface area contributed by atoms with Crippen molar-refractivity contribution in [2.45, 2.75) is 24.7 Å². The third-order valence-corrected chi connectivity index (χ3v) is 12.3. The average molecular weight is 527 g/mol. The van der Waals surface area contributed by atoms with Crippen molar-refractivity contribution in [2.75, 3.05) is 0 Å². The Hall–Kier alpha value is -4.30. The molecular weight excluding hydrogens is 500 g/mol. The summed E-state index contributed by atoms with van der Waals surface area (Å²) in [5.74, 6) is 1.18. The molecular formula is C39H26O2. The Bertz CT molecular complexity index is 2230. The van der Waals surface area contributed by atoms with Gasteiger partial charge in [0.1, 0.15) is 0 Å². The number of ketones is 2. The summed E-state index contributed by atoms with van der Waals surface area (Å²) >= 11 is 0. The monoisotopic (exact) mass is 526 g/mol. The SMILES string of the molecule is C=CC1=C(C=C)C2=C3C(C=CC45CC34c3c(c4c6c(ccc7ccc2c3c76)C(=O)C2C=CC=CC=42)CC2CC25)C1=O. The zero-order valence-corrected chi connectivity index (χ0v) is 22.6. The number of benzene rings is 3. The lowest BCUT2D eigenvalue weighted by molar-refractivity contribution is -0.117. The van der Waals surface area contributed by atoms with Gasteiger partial charge < -0.3 is 0 Å². The Morgan fingerprint density at radius 3 is 2.51 bits per heavy atom. The number of allylic oxidation sites excluding steroid dienone is 12. The highest BCUT2D eigenvalue weighted by Gasteiger charge is 2.80. The lowest BCUT2D eigenvalue weighted by atomic mass is 9.58. The molecule has 8 aliphatic carbocycles. The highest BCUT2D eigenvalue weighted by Crippen LogP contribution is 2.85. The zero-order chi connectivity index (χ0) is 27.2. The molecule has 0 aliphatic heterocycles. The lowest BCUT2D eigenvalue weighted by Crippen LogP contribution is -2.40. The number of carbonyl (C=O) groups excluding carboxylic acids is 2. The number of hydrogen-bond donors (Lipinski definition) is 0. The molecule has 0 aromatic heterocycles. The Kier molecular flexibility index (Phi) is 3.29. The molecule has 0 bridgehead atoms. The standard InChI is InChI=1S/C39H26O2/c1-3-20-21(4-2)36(40)26-13-14-38-17-39(38)34(26)31(20)24-11-9-18-10-12-25-32-29(18)33(24)35(39)27(15-19-16-28(19)38)30(32)22-7-5-6-8-23(22)37(25)41/h3-14,19,23,26,28H,1-2,15-17H2. The predicted octanol–water partition coefficient (Wildman–Crippen LogP) is 6.83. The minimum absolute atomic E-state index is 0.0798. The van der Waals surface area contributed by atoms with Crippen LogP contribution in [0.25, 0.3) is 32.7 Å². The second kappa shape index (κ2) is 6.29. The predicted molar refractivity (Wildman–Crippen MR) is 162 cm³/mol. The highest BCUT2D eigenvalue weighted by molar-refractivity contribution is 6.28. The van der Waals surface area contributed by atoms with Crippen LogP contribution < -0.4 is 5.22 Å². The first-order valence-corrected chi connectivity index (χ1v) is 15.0. The molecule has 2 nitrogen and oxygen atoms in total. The maximum atomic E-state index is 14.1. The molecule has 3 aromatic rings. The molecule has 6 unspecified atom stereocenters. The summed E-state index contributed by atoms with van der Waals surface area (Å²) in [4.78, 5) is 28.2. The van der Waals surface area contributed by atoms with Gasteiger partial charge in [0.2, 0.25) is 0 Å². The van der Waals surface area contributed by atoms with Gasteiger partial charge in [-0.15, -0.1) is 0 Å². The number of Topliss-reactive ketones (excluding diaryl/α,β-unsaturated/α-hetero) is 2. The quantitative estimate of drug-likeness (QED) is 0.343. The fraction of sp³-hybridized carbons (Fsp3) is 0.231. The largest absolute Gasteiger partial charge is 0.293 e. The number of rotatable bonds is 2. The van der Waals surface area contributed by atoms with E-state index in [2.05, 4.69) is 67.8 Å². The van der Waals surface area contributed by atoms with Gasteiger partial charge in [0.05, 0.1) is 11.8 Å². The van der Waals surface area contributed by atoms with E-state index in [0.717, 1.165) is 29.4 Å². The molecule has 3 aromatic carbocycles. The average Bonchev–Trinajstić information content (AvgIpc) is 3.90. The summed E-state index contributed by atoms with van der Waals surface area (Å²) in [7, 11) is 0. The second-order valence-electron chi connectivity index (χ2n) is 13.5. The molecule has 11 rings (SSSR count). The van der Waals surface area contributed by atoms with Crippen molar-refractivity contribution in [1.82, 2.24) is 0 Å². The third-order valence-electron chi connectivity index (χ3n) is 12.3. The minimum atomic E-state index is -0.256. The Morgan fingerprint density at radius 2 is 1.68 bits per heavy atom. The molecule has 0 saturated heterocycles. The normalized spacial score (nSPS) is 35.5.